The first-order valence-electron chi connectivity index (χ1n) is 8.22. The number of imidazole rings is 1. The van der Waals surface area contributed by atoms with Crippen molar-refractivity contribution in [1.82, 2.24) is 19.3 Å². The quantitative estimate of drug-likeness (QED) is 0.730. The van der Waals surface area contributed by atoms with Crippen LogP contribution in [-0.2, 0) is 16.4 Å². The third-order valence-electron chi connectivity index (χ3n) is 4.63. The van der Waals surface area contributed by atoms with Gasteiger partial charge in [0.25, 0.3) is 0 Å². The van der Waals surface area contributed by atoms with Crippen LogP contribution in [0.25, 0.3) is 11.0 Å². The Hall–Kier alpha value is -2.15. The van der Waals surface area contributed by atoms with E-state index in [2.05, 4.69) is 10.1 Å². The molecule has 126 valence electrons. The molecule has 6 nitrogen and oxygen atoms in total. The second-order valence-corrected chi connectivity index (χ2v) is 8.38. The second-order valence-electron chi connectivity index (χ2n) is 6.47. The van der Waals surface area contributed by atoms with Crippen molar-refractivity contribution in [3.8, 4) is 0 Å². The molecule has 1 saturated carbocycles. The summed E-state index contributed by atoms with van der Waals surface area (Å²) in [6.07, 6.45) is 8.05. The molecule has 0 amide bonds. The zero-order valence-electron chi connectivity index (χ0n) is 13.6. The van der Waals surface area contributed by atoms with Gasteiger partial charge < -0.3 is 4.57 Å². The predicted molar refractivity (Wildman–Crippen MR) is 91.7 cm³/mol. The number of rotatable bonds is 4. The molecule has 0 N–H and O–H groups in total. The molecular formula is C17H20N4O2S. The monoisotopic (exact) mass is 344 g/mol. The molecule has 1 fully saturated rings. The number of sulfone groups is 1. The summed E-state index contributed by atoms with van der Waals surface area (Å²) < 4.78 is 28.0. The van der Waals surface area contributed by atoms with Gasteiger partial charge in [0, 0.05) is 12.5 Å². The maximum atomic E-state index is 12.1. The highest BCUT2D eigenvalue weighted by atomic mass is 32.2. The van der Waals surface area contributed by atoms with Gasteiger partial charge in [0.15, 0.2) is 0 Å². The summed E-state index contributed by atoms with van der Waals surface area (Å²) in [7, 11) is -3.41. The summed E-state index contributed by atoms with van der Waals surface area (Å²) in [6.45, 7) is 0.405. The van der Waals surface area contributed by atoms with E-state index >= 15 is 0 Å². The van der Waals surface area contributed by atoms with Crippen LogP contribution in [0.5, 0.6) is 0 Å². The van der Waals surface area contributed by atoms with Gasteiger partial charge in [-0.15, -0.1) is 0 Å². The van der Waals surface area contributed by atoms with Crippen LogP contribution in [0.2, 0.25) is 0 Å². The number of hydrogen-bond donors (Lipinski definition) is 0. The number of hydrogen-bond acceptors (Lipinski definition) is 4. The van der Waals surface area contributed by atoms with Crippen molar-refractivity contribution >= 4 is 20.9 Å². The van der Waals surface area contributed by atoms with Crippen LogP contribution in [0.1, 0.15) is 37.4 Å². The van der Waals surface area contributed by atoms with Crippen molar-refractivity contribution in [2.75, 3.05) is 6.26 Å². The minimum atomic E-state index is -3.41. The van der Waals surface area contributed by atoms with Gasteiger partial charge in [-0.2, -0.15) is 5.10 Å². The fourth-order valence-electron chi connectivity index (χ4n) is 3.49. The summed E-state index contributed by atoms with van der Waals surface area (Å²) in [4.78, 5) is 4.30. The standard InChI is InChI=1S/C17H20N4O2S/c1-24(22,23)17-18-15-8-4-5-9-16(15)20(17)12-13-10-11-21(19-13)14-6-2-3-7-14/h4-5,8-11,14H,2-3,6-7,12H2,1H3. The molecule has 0 spiro atoms. The molecule has 0 unspecified atom stereocenters. The molecule has 0 atom stereocenters. The van der Waals surface area contributed by atoms with E-state index in [9.17, 15) is 8.42 Å². The van der Waals surface area contributed by atoms with Crippen LogP contribution < -0.4 is 0 Å². The van der Waals surface area contributed by atoms with Crippen LogP contribution >= 0.6 is 0 Å². The van der Waals surface area contributed by atoms with Crippen molar-refractivity contribution < 1.29 is 8.42 Å². The van der Waals surface area contributed by atoms with E-state index in [-0.39, 0.29) is 5.16 Å². The average molecular weight is 344 g/mol. The summed E-state index contributed by atoms with van der Waals surface area (Å²) >= 11 is 0. The highest BCUT2D eigenvalue weighted by Gasteiger charge is 2.21. The van der Waals surface area contributed by atoms with Crippen LogP contribution in [0, 0.1) is 0 Å². The van der Waals surface area contributed by atoms with Crippen molar-refractivity contribution in [2.45, 2.75) is 43.4 Å². The predicted octanol–water partition coefficient (Wildman–Crippen LogP) is 2.80. The molecule has 3 aromatic rings. The Morgan fingerprint density at radius 3 is 2.67 bits per heavy atom. The van der Waals surface area contributed by atoms with Gasteiger partial charge in [-0.05, 0) is 31.0 Å². The third kappa shape index (κ3) is 2.73. The first-order valence-corrected chi connectivity index (χ1v) is 10.1. The number of aromatic nitrogens is 4. The lowest BCUT2D eigenvalue weighted by molar-refractivity contribution is 0.461. The maximum absolute atomic E-state index is 12.1. The van der Waals surface area contributed by atoms with Gasteiger partial charge in [-0.25, -0.2) is 13.4 Å². The molecular weight excluding hydrogens is 324 g/mol. The summed E-state index contributed by atoms with van der Waals surface area (Å²) in [5, 5.41) is 4.77. The van der Waals surface area contributed by atoms with E-state index in [0.29, 0.717) is 18.1 Å². The van der Waals surface area contributed by atoms with E-state index in [4.69, 9.17) is 0 Å². The molecule has 2 heterocycles. The number of fused-ring (bicyclic) bond motifs is 1. The van der Waals surface area contributed by atoms with E-state index in [1.165, 1.54) is 31.9 Å². The Morgan fingerprint density at radius 2 is 1.92 bits per heavy atom. The second kappa shape index (κ2) is 5.73. The zero-order chi connectivity index (χ0) is 16.7. The molecule has 4 rings (SSSR count). The molecule has 1 aliphatic carbocycles. The molecule has 0 radical (unpaired) electrons. The Kier molecular flexibility index (Phi) is 3.68. The normalized spacial score (nSPS) is 16.2. The largest absolute Gasteiger partial charge is 0.309 e. The van der Waals surface area contributed by atoms with E-state index in [0.717, 1.165) is 11.2 Å². The number of nitrogens with zero attached hydrogens (tertiary/aromatic N) is 4. The first kappa shape index (κ1) is 15.4. The smallest absolute Gasteiger partial charge is 0.228 e. The molecule has 0 aliphatic heterocycles. The minimum absolute atomic E-state index is 0.0964. The summed E-state index contributed by atoms with van der Waals surface area (Å²) in [5.74, 6) is 0. The zero-order valence-corrected chi connectivity index (χ0v) is 14.4. The molecule has 0 bridgehead atoms. The fraction of sp³-hybridized carbons (Fsp3) is 0.412. The number of para-hydroxylation sites is 2. The fourth-order valence-corrected chi connectivity index (χ4v) is 4.31. The van der Waals surface area contributed by atoms with Crippen LogP contribution in [0.15, 0.2) is 41.7 Å². The van der Waals surface area contributed by atoms with Crippen molar-refractivity contribution in [2.24, 2.45) is 0 Å². The highest BCUT2D eigenvalue weighted by Crippen LogP contribution is 2.29. The van der Waals surface area contributed by atoms with Gasteiger partial charge in [0.2, 0.25) is 15.0 Å². The lowest BCUT2D eigenvalue weighted by atomic mass is 10.3. The molecule has 0 saturated heterocycles. The van der Waals surface area contributed by atoms with Crippen molar-refractivity contribution in [3.05, 3.63) is 42.2 Å². The molecule has 2 aromatic heterocycles. The first-order chi connectivity index (χ1) is 11.5. The third-order valence-corrected chi connectivity index (χ3v) is 5.61. The number of benzene rings is 1. The Bertz CT molecular complexity index is 981. The lowest BCUT2D eigenvalue weighted by Gasteiger charge is -2.09. The van der Waals surface area contributed by atoms with Gasteiger partial charge in [-0.3, -0.25) is 4.68 Å². The maximum Gasteiger partial charge on any atom is 0.228 e. The van der Waals surface area contributed by atoms with Crippen molar-refractivity contribution in [1.29, 1.82) is 0 Å². The average Bonchev–Trinajstić information content (AvgIpc) is 3.26. The van der Waals surface area contributed by atoms with Crippen LogP contribution in [-0.4, -0.2) is 34.0 Å². The van der Waals surface area contributed by atoms with Crippen LogP contribution in [0.3, 0.4) is 0 Å². The topological polar surface area (TPSA) is 69.8 Å². The van der Waals surface area contributed by atoms with E-state index in [1.807, 2.05) is 41.2 Å². The molecule has 24 heavy (non-hydrogen) atoms. The van der Waals surface area contributed by atoms with Crippen LogP contribution in [0.4, 0.5) is 0 Å². The Labute approximate surface area is 141 Å². The Balaban J connectivity index is 1.74. The minimum Gasteiger partial charge on any atom is -0.309 e. The Morgan fingerprint density at radius 1 is 1.17 bits per heavy atom. The van der Waals surface area contributed by atoms with Gasteiger partial charge in [-0.1, -0.05) is 25.0 Å². The van der Waals surface area contributed by atoms with Gasteiger partial charge in [0.1, 0.15) is 0 Å². The molecule has 7 heteroatoms. The molecule has 1 aliphatic rings. The van der Waals surface area contributed by atoms with E-state index in [1.54, 1.807) is 4.57 Å². The summed E-state index contributed by atoms with van der Waals surface area (Å²) in [6, 6.07) is 9.93. The lowest BCUT2D eigenvalue weighted by Crippen LogP contribution is -2.11. The summed E-state index contributed by atoms with van der Waals surface area (Å²) in [5.41, 5.74) is 2.36. The molecule has 1 aromatic carbocycles. The van der Waals surface area contributed by atoms with Crippen molar-refractivity contribution in [3.63, 3.8) is 0 Å². The highest BCUT2D eigenvalue weighted by molar-refractivity contribution is 7.90. The van der Waals surface area contributed by atoms with Gasteiger partial charge in [0.05, 0.1) is 29.3 Å². The van der Waals surface area contributed by atoms with Gasteiger partial charge >= 0.3 is 0 Å². The SMILES string of the molecule is CS(=O)(=O)c1nc2ccccc2n1Cc1ccn(C2CCCC2)n1. The van der Waals surface area contributed by atoms with E-state index < -0.39 is 9.84 Å².